The van der Waals surface area contributed by atoms with Gasteiger partial charge in [0.05, 0.1) is 31.4 Å². The highest BCUT2D eigenvalue weighted by molar-refractivity contribution is 6.51. The van der Waals surface area contributed by atoms with Gasteiger partial charge < -0.3 is 24.1 Å². The van der Waals surface area contributed by atoms with E-state index in [0.717, 1.165) is 0 Å². The Morgan fingerprint density at radius 2 is 1.88 bits per heavy atom. The minimum absolute atomic E-state index is 0.0703. The second-order valence-corrected chi connectivity index (χ2v) is 7.56. The fraction of sp³-hybridized carbons (Fsp3) is 0.160. The summed E-state index contributed by atoms with van der Waals surface area (Å²) in [6.07, 6.45) is 3.14. The maximum absolute atomic E-state index is 13.3. The molecule has 1 amide bonds. The lowest BCUT2D eigenvalue weighted by molar-refractivity contribution is -0.132. The van der Waals surface area contributed by atoms with Crippen molar-refractivity contribution in [3.8, 4) is 23.0 Å². The van der Waals surface area contributed by atoms with E-state index in [-0.39, 0.29) is 29.4 Å². The number of aliphatic hydroxyl groups excluding tert-OH is 1. The van der Waals surface area contributed by atoms with Crippen LogP contribution in [0.4, 0.5) is 5.69 Å². The average molecular weight is 460 g/mol. The van der Waals surface area contributed by atoms with Gasteiger partial charge in [0.1, 0.15) is 17.3 Å². The number of anilines is 1. The molecule has 34 heavy (non-hydrogen) atoms. The van der Waals surface area contributed by atoms with E-state index < -0.39 is 17.7 Å². The van der Waals surface area contributed by atoms with Crippen LogP contribution >= 0.6 is 0 Å². The van der Waals surface area contributed by atoms with Crippen LogP contribution in [0.2, 0.25) is 0 Å². The number of ether oxygens (including phenoxy) is 4. The lowest BCUT2D eigenvalue weighted by atomic mass is 9.95. The van der Waals surface area contributed by atoms with Crippen LogP contribution in [0.1, 0.15) is 17.2 Å². The Labute approximate surface area is 194 Å². The van der Waals surface area contributed by atoms with Gasteiger partial charge in [0.15, 0.2) is 11.5 Å². The van der Waals surface area contributed by atoms with Gasteiger partial charge >= 0.3 is 0 Å². The summed E-state index contributed by atoms with van der Waals surface area (Å²) >= 11 is 0. The molecule has 5 rings (SSSR count). The Bertz CT molecular complexity index is 1320. The normalized spacial score (nSPS) is 18.3. The third-order valence-corrected chi connectivity index (χ3v) is 5.74. The van der Waals surface area contributed by atoms with Crippen molar-refractivity contribution < 1.29 is 33.6 Å². The molecule has 0 aliphatic carbocycles. The first-order chi connectivity index (χ1) is 16.5. The number of aliphatic hydroxyl groups is 1. The molecule has 0 bridgehead atoms. The Hall–Kier alpha value is -4.53. The minimum atomic E-state index is -0.930. The summed E-state index contributed by atoms with van der Waals surface area (Å²) in [7, 11) is 2.95. The molecule has 9 nitrogen and oxygen atoms in total. The molecule has 0 radical (unpaired) electrons. The van der Waals surface area contributed by atoms with Gasteiger partial charge in [-0.2, -0.15) is 0 Å². The molecule has 9 heteroatoms. The van der Waals surface area contributed by atoms with Crippen LogP contribution in [0.25, 0.3) is 5.76 Å². The van der Waals surface area contributed by atoms with E-state index in [4.69, 9.17) is 18.9 Å². The van der Waals surface area contributed by atoms with Crippen molar-refractivity contribution in [1.82, 2.24) is 4.98 Å². The third-order valence-electron chi connectivity index (χ3n) is 5.74. The molecular formula is C25H20N2O7. The Morgan fingerprint density at radius 1 is 1.06 bits per heavy atom. The Balaban J connectivity index is 1.71. The topological polar surface area (TPSA) is 107 Å². The number of nitrogens with zero attached hydrogens (tertiary/aromatic N) is 2. The molecule has 2 aliphatic heterocycles. The molecule has 3 heterocycles. The first-order valence-electron chi connectivity index (χ1n) is 10.4. The van der Waals surface area contributed by atoms with E-state index in [2.05, 4.69) is 4.98 Å². The van der Waals surface area contributed by atoms with Crippen molar-refractivity contribution in [2.24, 2.45) is 0 Å². The second-order valence-electron chi connectivity index (χ2n) is 7.56. The standard InChI is InChI=1S/C25H20N2O7/c1-31-16-6-7-17(19(11-16)32-2)23(28)21-22(14-4-3-9-26-12-14)27(25(30)24(21)29)15-5-8-18-20(10-15)34-13-33-18/h3-12,22,28H,13H2,1-2H3/b23-21+. The number of Topliss-reactive ketones (excluding diaryl/α,β-unsaturated/α-hetero) is 1. The molecule has 1 atom stereocenters. The maximum Gasteiger partial charge on any atom is 0.300 e. The van der Waals surface area contributed by atoms with Crippen molar-refractivity contribution in [2.75, 3.05) is 25.9 Å². The van der Waals surface area contributed by atoms with E-state index >= 15 is 0 Å². The number of amides is 1. The summed E-state index contributed by atoms with van der Waals surface area (Å²) in [4.78, 5) is 32.0. The van der Waals surface area contributed by atoms with Gasteiger partial charge in [0.25, 0.3) is 11.7 Å². The van der Waals surface area contributed by atoms with Crippen LogP contribution in [-0.4, -0.2) is 42.8 Å². The van der Waals surface area contributed by atoms with E-state index in [0.29, 0.717) is 28.5 Å². The number of benzene rings is 2. The van der Waals surface area contributed by atoms with Gasteiger partial charge in [-0.15, -0.1) is 0 Å². The predicted octanol–water partition coefficient (Wildman–Crippen LogP) is 3.45. The predicted molar refractivity (Wildman–Crippen MR) is 121 cm³/mol. The first-order valence-corrected chi connectivity index (χ1v) is 10.4. The molecule has 2 aromatic carbocycles. The largest absolute Gasteiger partial charge is 0.507 e. The zero-order chi connectivity index (χ0) is 23.8. The molecular weight excluding hydrogens is 440 g/mol. The fourth-order valence-corrected chi connectivity index (χ4v) is 4.13. The number of rotatable bonds is 5. The molecule has 3 aromatic rings. The van der Waals surface area contributed by atoms with Gasteiger partial charge in [-0.05, 0) is 35.9 Å². The summed E-state index contributed by atoms with van der Waals surface area (Å²) in [6.45, 7) is 0.0703. The van der Waals surface area contributed by atoms with Crippen molar-refractivity contribution in [3.63, 3.8) is 0 Å². The van der Waals surface area contributed by atoms with E-state index in [9.17, 15) is 14.7 Å². The van der Waals surface area contributed by atoms with Crippen LogP contribution in [0, 0.1) is 0 Å². The van der Waals surface area contributed by atoms with Gasteiger partial charge in [-0.3, -0.25) is 19.5 Å². The van der Waals surface area contributed by atoms with Crippen molar-refractivity contribution in [1.29, 1.82) is 0 Å². The van der Waals surface area contributed by atoms with Crippen molar-refractivity contribution in [2.45, 2.75) is 6.04 Å². The number of hydrogen-bond acceptors (Lipinski definition) is 8. The maximum atomic E-state index is 13.3. The van der Waals surface area contributed by atoms with Crippen LogP contribution in [0.5, 0.6) is 23.0 Å². The van der Waals surface area contributed by atoms with Crippen LogP contribution in [-0.2, 0) is 9.59 Å². The van der Waals surface area contributed by atoms with Gasteiger partial charge in [0, 0.05) is 30.2 Å². The summed E-state index contributed by atoms with van der Waals surface area (Å²) in [6, 6.07) is 12.3. The second kappa shape index (κ2) is 8.43. The summed E-state index contributed by atoms with van der Waals surface area (Å²) in [5.74, 6) is -0.185. The smallest absolute Gasteiger partial charge is 0.300 e. The van der Waals surface area contributed by atoms with Crippen LogP contribution in [0.3, 0.4) is 0 Å². The zero-order valence-electron chi connectivity index (χ0n) is 18.3. The summed E-state index contributed by atoms with van der Waals surface area (Å²) in [5, 5.41) is 11.3. The summed E-state index contributed by atoms with van der Waals surface area (Å²) < 4.78 is 21.4. The molecule has 0 spiro atoms. The number of ketones is 1. The third kappa shape index (κ3) is 3.38. The van der Waals surface area contributed by atoms with E-state index in [1.54, 1.807) is 60.9 Å². The van der Waals surface area contributed by atoms with Crippen molar-refractivity contribution in [3.05, 3.63) is 77.6 Å². The van der Waals surface area contributed by atoms with Crippen LogP contribution in [0.15, 0.2) is 66.5 Å². The lowest BCUT2D eigenvalue weighted by Crippen LogP contribution is -2.29. The Kier molecular flexibility index (Phi) is 5.29. The van der Waals surface area contributed by atoms with E-state index in [1.165, 1.54) is 19.1 Å². The van der Waals surface area contributed by atoms with Gasteiger partial charge in [0.2, 0.25) is 6.79 Å². The molecule has 1 aromatic heterocycles. The fourth-order valence-electron chi connectivity index (χ4n) is 4.13. The van der Waals surface area contributed by atoms with Crippen LogP contribution < -0.4 is 23.8 Å². The number of aromatic nitrogens is 1. The zero-order valence-corrected chi connectivity index (χ0v) is 18.3. The summed E-state index contributed by atoms with van der Waals surface area (Å²) in [5.41, 5.74) is 1.13. The molecule has 1 saturated heterocycles. The lowest BCUT2D eigenvalue weighted by Gasteiger charge is -2.25. The molecule has 1 unspecified atom stereocenters. The molecule has 1 fully saturated rings. The molecule has 2 aliphatic rings. The number of methoxy groups -OCH3 is 2. The number of carbonyl (C=O) groups is 2. The quantitative estimate of drug-likeness (QED) is 0.351. The van der Waals surface area contributed by atoms with Gasteiger partial charge in [-0.1, -0.05) is 6.07 Å². The highest BCUT2D eigenvalue weighted by Gasteiger charge is 2.47. The number of pyridine rings is 1. The molecule has 172 valence electrons. The van der Waals surface area contributed by atoms with Gasteiger partial charge in [-0.25, -0.2) is 0 Å². The molecule has 1 N–H and O–H groups in total. The highest BCUT2D eigenvalue weighted by Crippen LogP contribution is 2.45. The monoisotopic (exact) mass is 460 g/mol. The SMILES string of the molecule is COc1ccc(/C(O)=C2\C(=O)C(=O)N(c3ccc4c(c3)OCO4)C2c2cccnc2)c(OC)c1. The van der Waals surface area contributed by atoms with E-state index in [1.807, 2.05) is 0 Å². The highest BCUT2D eigenvalue weighted by atomic mass is 16.7. The van der Waals surface area contributed by atoms with Crippen molar-refractivity contribution >= 4 is 23.1 Å². The Morgan fingerprint density at radius 3 is 2.62 bits per heavy atom. The molecule has 0 saturated carbocycles. The first kappa shape index (κ1) is 21.3. The minimum Gasteiger partial charge on any atom is -0.507 e. The number of fused-ring (bicyclic) bond motifs is 1. The average Bonchev–Trinajstić information content (AvgIpc) is 3.45. The number of hydrogen-bond donors (Lipinski definition) is 1. The number of carbonyl (C=O) groups excluding carboxylic acids is 2.